The Bertz CT molecular complexity index is 754. The summed E-state index contributed by atoms with van der Waals surface area (Å²) < 4.78 is 0.962. The highest BCUT2D eigenvalue weighted by molar-refractivity contribution is 9.10. The minimum absolute atomic E-state index is 0.769. The molecule has 0 amide bonds. The second-order valence-corrected chi connectivity index (χ2v) is 5.63. The molecule has 3 rings (SSSR count). The number of halogens is 2. The molecule has 0 fully saturated rings. The highest BCUT2D eigenvalue weighted by Gasteiger charge is 2.12. The van der Waals surface area contributed by atoms with E-state index in [0.29, 0.717) is 0 Å². The molecule has 0 unspecified atom stereocenters. The van der Waals surface area contributed by atoms with Crippen molar-refractivity contribution in [2.75, 3.05) is 0 Å². The van der Waals surface area contributed by atoms with Crippen LogP contribution in [-0.2, 0) is 0 Å². The summed E-state index contributed by atoms with van der Waals surface area (Å²) in [6.07, 6.45) is 0. The molecule has 0 saturated heterocycles. The SMILES string of the molecule is Cc1c(-c2ccccc2)nc2c(Br)cccc2c1Cl. The van der Waals surface area contributed by atoms with Gasteiger partial charge in [0.1, 0.15) is 0 Å². The van der Waals surface area contributed by atoms with Crippen LogP contribution in [0.4, 0.5) is 0 Å². The molecular formula is C16H11BrClN. The molecular weight excluding hydrogens is 322 g/mol. The van der Waals surface area contributed by atoms with Crippen molar-refractivity contribution < 1.29 is 0 Å². The smallest absolute Gasteiger partial charge is 0.0866 e. The van der Waals surface area contributed by atoms with E-state index in [1.165, 1.54) is 0 Å². The van der Waals surface area contributed by atoms with E-state index in [4.69, 9.17) is 16.6 Å². The van der Waals surface area contributed by atoms with E-state index in [1.54, 1.807) is 0 Å². The summed E-state index contributed by atoms with van der Waals surface area (Å²) in [5.41, 5.74) is 3.93. The first-order valence-electron chi connectivity index (χ1n) is 5.98. The molecule has 0 saturated carbocycles. The van der Waals surface area contributed by atoms with Gasteiger partial charge in [-0.2, -0.15) is 0 Å². The zero-order valence-corrected chi connectivity index (χ0v) is 12.7. The van der Waals surface area contributed by atoms with Crippen molar-refractivity contribution >= 4 is 38.4 Å². The van der Waals surface area contributed by atoms with Crippen LogP contribution in [0.2, 0.25) is 5.02 Å². The standard InChI is InChI=1S/C16H11BrClN/c1-10-14(18)12-8-5-9-13(17)16(12)19-15(10)11-6-3-2-4-7-11/h2-9H,1H3. The van der Waals surface area contributed by atoms with Gasteiger partial charge in [-0.1, -0.05) is 54.1 Å². The van der Waals surface area contributed by atoms with Gasteiger partial charge in [0.05, 0.1) is 16.2 Å². The van der Waals surface area contributed by atoms with E-state index < -0.39 is 0 Å². The molecule has 0 bridgehead atoms. The largest absolute Gasteiger partial charge is 0.246 e. The van der Waals surface area contributed by atoms with Gasteiger partial charge in [0, 0.05) is 15.4 Å². The first-order chi connectivity index (χ1) is 9.18. The minimum atomic E-state index is 0.769. The maximum atomic E-state index is 6.49. The third-order valence-corrected chi connectivity index (χ3v) is 4.31. The molecule has 3 heteroatoms. The Labute approximate surface area is 125 Å². The second kappa shape index (κ2) is 4.95. The van der Waals surface area contributed by atoms with Crippen molar-refractivity contribution in [2.45, 2.75) is 6.92 Å². The summed E-state index contributed by atoms with van der Waals surface area (Å²) in [5, 5.41) is 1.75. The lowest BCUT2D eigenvalue weighted by Crippen LogP contribution is -1.92. The average Bonchev–Trinajstić information content (AvgIpc) is 2.44. The molecule has 0 aliphatic rings. The van der Waals surface area contributed by atoms with Crippen molar-refractivity contribution in [3.63, 3.8) is 0 Å². The summed E-state index contributed by atoms with van der Waals surface area (Å²) in [5.74, 6) is 0. The lowest BCUT2D eigenvalue weighted by Gasteiger charge is -2.11. The summed E-state index contributed by atoms with van der Waals surface area (Å²) in [6.45, 7) is 2.01. The van der Waals surface area contributed by atoms with E-state index in [1.807, 2.05) is 55.5 Å². The number of benzene rings is 2. The normalized spacial score (nSPS) is 10.9. The zero-order valence-electron chi connectivity index (χ0n) is 10.3. The van der Waals surface area contributed by atoms with E-state index in [9.17, 15) is 0 Å². The van der Waals surface area contributed by atoms with E-state index in [0.717, 1.165) is 37.2 Å². The van der Waals surface area contributed by atoms with Crippen molar-refractivity contribution in [1.82, 2.24) is 4.98 Å². The molecule has 0 N–H and O–H groups in total. The monoisotopic (exact) mass is 331 g/mol. The lowest BCUT2D eigenvalue weighted by atomic mass is 10.0. The number of fused-ring (bicyclic) bond motifs is 1. The van der Waals surface area contributed by atoms with Crippen LogP contribution in [-0.4, -0.2) is 4.98 Å². The number of para-hydroxylation sites is 1. The lowest BCUT2D eigenvalue weighted by molar-refractivity contribution is 1.32. The molecule has 0 spiro atoms. The van der Waals surface area contributed by atoms with Crippen LogP contribution in [0, 0.1) is 6.92 Å². The third-order valence-electron chi connectivity index (χ3n) is 3.18. The Morgan fingerprint density at radius 1 is 1.00 bits per heavy atom. The molecule has 0 radical (unpaired) electrons. The summed E-state index contributed by atoms with van der Waals surface area (Å²) >= 11 is 10.0. The van der Waals surface area contributed by atoms with E-state index in [-0.39, 0.29) is 0 Å². The summed E-state index contributed by atoms with van der Waals surface area (Å²) in [7, 11) is 0. The molecule has 0 aliphatic heterocycles. The molecule has 3 aromatic rings. The molecule has 0 aliphatic carbocycles. The van der Waals surface area contributed by atoms with Gasteiger partial charge in [0.15, 0.2) is 0 Å². The van der Waals surface area contributed by atoms with Crippen LogP contribution in [0.5, 0.6) is 0 Å². The highest BCUT2D eigenvalue weighted by atomic mass is 79.9. The number of rotatable bonds is 1. The maximum Gasteiger partial charge on any atom is 0.0866 e. The third kappa shape index (κ3) is 2.15. The van der Waals surface area contributed by atoms with Gasteiger partial charge in [-0.3, -0.25) is 0 Å². The number of hydrogen-bond donors (Lipinski definition) is 0. The maximum absolute atomic E-state index is 6.49. The number of aromatic nitrogens is 1. The second-order valence-electron chi connectivity index (χ2n) is 4.40. The van der Waals surface area contributed by atoms with Gasteiger partial charge in [-0.25, -0.2) is 4.98 Å². The van der Waals surface area contributed by atoms with Crippen LogP contribution >= 0.6 is 27.5 Å². The van der Waals surface area contributed by atoms with Crippen molar-refractivity contribution in [2.24, 2.45) is 0 Å². The van der Waals surface area contributed by atoms with Crippen LogP contribution in [0.3, 0.4) is 0 Å². The van der Waals surface area contributed by atoms with Gasteiger partial charge in [0.2, 0.25) is 0 Å². The Balaban J connectivity index is 2.39. The highest BCUT2D eigenvalue weighted by Crippen LogP contribution is 2.35. The van der Waals surface area contributed by atoms with Crippen molar-refractivity contribution in [3.8, 4) is 11.3 Å². The predicted octanol–water partition coefficient (Wildman–Crippen LogP) is 5.63. The Morgan fingerprint density at radius 3 is 2.47 bits per heavy atom. The van der Waals surface area contributed by atoms with Gasteiger partial charge in [-0.05, 0) is 34.5 Å². The van der Waals surface area contributed by atoms with E-state index in [2.05, 4.69) is 15.9 Å². The fraction of sp³-hybridized carbons (Fsp3) is 0.0625. The minimum Gasteiger partial charge on any atom is -0.246 e. The topological polar surface area (TPSA) is 12.9 Å². The van der Waals surface area contributed by atoms with Gasteiger partial charge in [-0.15, -0.1) is 0 Å². The molecule has 94 valence electrons. The van der Waals surface area contributed by atoms with E-state index >= 15 is 0 Å². The average molecular weight is 333 g/mol. The zero-order chi connectivity index (χ0) is 13.4. The number of hydrogen-bond acceptors (Lipinski definition) is 1. The van der Waals surface area contributed by atoms with Crippen molar-refractivity contribution in [3.05, 3.63) is 63.6 Å². The quantitative estimate of drug-likeness (QED) is 0.563. The summed E-state index contributed by atoms with van der Waals surface area (Å²) in [6, 6.07) is 16.1. The van der Waals surface area contributed by atoms with Crippen LogP contribution < -0.4 is 0 Å². The molecule has 19 heavy (non-hydrogen) atoms. The Morgan fingerprint density at radius 2 is 1.74 bits per heavy atom. The van der Waals surface area contributed by atoms with Gasteiger partial charge in [0.25, 0.3) is 0 Å². The number of pyridine rings is 1. The van der Waals surface area contributed by atoms with Crippen molar-refractivity contribution in [1.29, 1.82) is 0 Å². The van der Waals surface area contributed by atoms with Gasteiger partial charge < -0.3 is 0 Å². The number of nitrogens with zero attached hydrogens (tertiary/aromatic N) is 1. The molecule has 0 atom stereocenters. The van der Waals surface area contributed by atoms with Gasteiger partial charge >= 0.3 is 0 Å². The summed E-state index contributed by atoms with van der Waals surface area (Å²) in [4.78, 5) is 4.77. The Kier molecular flexibility index (Phi) is 3.29. The fourth-order valence-corrected chi connectivity index (χ4v) is 2.88. The van der Waals surface area contributed by atoms with Crippen LogP contribution in [0.25, 0.3) is 22.2 Å². The Hall–Kier alpha value is -1.38. The molecule has 2 aromatic carbocycles. The van der Waals surface area contributed by atoms with Crippen LogP contribution in [0.15, 0.2) is 53.0 Å². The molecule has 1 heterocycles. The first kappa shape index (κ1) is 12.6. The fourth-order valence-electron chi connectivity index (χ4n) is 2.18. The van der Waals surface area contributed by atoms with Crippen LogP contribution in [0.1, 0.15) is 5.56 Å². The predicted molar refractivity (Wildman–Crippen MR) is 84.6 cm³/mol. The first-order valence-corrected chi connectivity index (χ1v) is 7.15. The molecule has 1 nitrogen and oxygen atoms in total. The molecule has 1 aromatic heterocycles.